The SMILES string of the molecule is CC(C)(C)[C@H]1SCC(C)(C)N1P. The minimum absolute atomic E-state index is 0.341. The summed E-state index contributed by atoms with van der Waals surface area (Å²) in [7, 11) is 2.88. The molecule has 1 aliphatic heterocycles. The number of hydrogen-bond donors (Lipinski definition) is 0. The first-order valence-corrected chi connectivity index (χ1v) is 5.97. The Kier molecular flexibility index (Phi) is 2.84. The summed E-state index contributed by atoms with van der Waals surface area (Å²) in [4.78, 5) is 0. The van der Waals surface area contributed by atoms with Gasteiger partial charge in [0.05, 0.1) is 5.37 Å². The highest BCUT2D eigenvalue weighted by atomic mass is 32.2. The van der Waals surface area contributed by atoms with Crippen molar-refractivity contribution in [3.63, 3.8) is 0 Å². The molecule has 0 aromatic carbocycles. The summed E-state index contributed by atoms with van der Waals surface area (Å²) in [5.74, 6) is 1.23. The second-order valence-electron chi connectivity index (χ2n) is 5.25. The molecule has 0 spiro atoms. The van der Waals surface area contributed by atoms with Gasteiger partial charge in [-0.1, -0.05) is 30.2 Å². The fraction of sp³-hybridized carbons (Fsp3) is 1.00. The summed E-state index contributed by atoms with van der Waals surface area (Å²) in [6, 6.07) is 0. The van der Waals surface area contributed by atoms with Crippen molar-refractivity contribution < 1.29 is 0 Å². The second-order valence-corrected chi connectivity index (χ2v) is 6.87. The highest BCUT2D eigenvalue weighted by Crippen LogP contribution is 2.46. The van der Waals surface area contributed by atoms with Crippen LogP contribution in [0.1, 0.15) is 34.6 Å². The maximum atomic E-state index is 2.88. The number of hydrogen-bond acceptors (Lipinski definition) is 2. The van der Waals surface area contributed by atoms with Crippen LogP contribution in [0.5, 0.6) is 0 Å². The van der Waals surface area contributed by atoms with E-state index in [1.165, 1.54) is 5.75 Å². The van der Waals surface area contributed by atoms with Crippen LogP contribution in [0.3, 0.4) is 0 Å². The Balaban J connectivity index is 2.74. The van der Waals surface area contributed by atoms with Gasteiger partial charge in [-0.15, -0.1) is 11.8 Å². The summed E-state index contributed by atoms with van der Waals surface area (Å²) in [6.07, 6.45) is 0. The molecule has 0 amide bonds. The van der Waals surface area contributed by atoms with E-state index in [1.807, 2.05) is 0 Å². The summed E-state index contributed by atoms with van der Waals surface area (Å²) >= 11 is 2.07. The fourth-order valence-corrected chi connectivity index (χ4v) is 4.01. The van der Waals surface area contributed by atoms with Gasteiger partial charge in [-0.2, -0.15) is 0 Å². The Labute approximate surface area is 82.9 Å². The molecule has 0 N–H and O–H groups in total. The maximum absolute atomic E-state index is 2.88. The van der Waals surface area contributed by atoms with E-state index in [1.54, 1.807) is 0 Å². The van der Waals surface area contributed by atoms with Gasteiger partial charge in [0.25, 0.3) is 0 Å². The zero-order chi connectivity index (χ0) is 9.57. The first kappa shape index (κ1) is 10.8. The average molecular weight is 205 g/mol. The van der Waals surface area contributed by atoms with Gasteiger partial charge < -0.3 is 0 Å². The van der Waals surface area contributed by atoms with E-state index in [2.05, 4.69) is 60.4 Å². The van der Waals surface area contributed by atoms with Gasteiger partial charge in [-0.3, -0.25) is 4.67 Å². The number of rotatable bonds is 0. The quantitative estimate of drug-likeness (QED) is 0.559. The molecule has 0 radical (unpaired) electrons. The summed E-state index contributed by atoms with van der Waals surface area (Å²) in [6.45, 7) is 11.5. The van der Waals surface area contributed by atoms with Crippen molar-refractivity contribution in [3.8, 4) is 0 Å². The van der Waals surface area contributed by atoms with Gasteiger partial charge >= 0.3 is 0 Å². The van der Waals surface area contributed by atoms with Crippen LogP contribution in [0, 0.1) is 5.41 Å². The average Bonchev–Trinajstić information content (AvgIpc) is 2.06. The standard InChI is InChI=1S/C9H20NPS/c1-8(2,3)7-10(11)9(4,5)6-12-7/h7H,6,11H2,1-5H3/t7-/m1/s1. The van der Waals surface area contributed by atoms with Gasteiger partial charge in [0.15, 0.2) is 0 Å². The molecule has 1 aliphatic rings. The Hall–Kier alpha value is 0.740. The molecule has 1 saturated heterocycles. The molecule has 1 fully saturated rings. The van der Waals surface area contributed by atoms with Crippen LogP contribution in [-0.2, 0) is 0 Å². The molecule has 1 nitrogen and oxygen atoms in total. The molecule has 2 atom stereocenters. The lowest BCUT2D eigenvalue weighted by Gasteiger charge is -2.37. The van der Waals surface area contributed by atoms with Gasteiger partial charge in [0.2, 0.25) is 0 Å². The maximum Gasteiger partial charge on any atom is 0.0643 e. The van der Waals surface area contributed by atoms with E-state index in [9.17, 15) is 0 Å². The summed E-state index contributed by atoms with van der Waals surface area (Å²) in [5, 5.41) is 0.637. The van der Waals surface area contributed by atoms with Crippen LogP contribution in [0.4, 0.5) is 0 Å². The topological polar surface area (TPSA) is 3.24 Å². The zero-order valence-electron chi connectivity index (χ0n) is 8.72. The van der Waals surface area contributed by atoms with Crippen LogP contribution >= 0.6 is 21.2 Å². The van der Waals surface area contributed by atoms with Crippen molar-refractivity contribution in [1.29, 1.82) is 0 Å². The van der Waals surface area contributed by atoms with E-state index in [0.29, 0.717) is 16.3 Å². The van der Waals surface area contributed by atoms with Crippen LogP contribution < -0.4 is 0 Å². The Morgan fingerprint density at radius 2 is 1.92 bits per heavy atom. The normalized spacial score (nSPS) is 31.0. The molecule has 1 unspecified atom stereocenters. The lowest BCUT2D eigenvalue weighted by atomic mass is 9.95. The van der Waals surface area contributed by atoms with Crippen LogP contribution in [-0.4, -0.2) is 21.3 Å². The first-order chi connectivity index (χ1) is 5.25. The van der Waals surface area contributed by atoms with Gasteiger partial charge in [0, 0.05) is 11.3 Å². The predicted molar refractivity (Wildman–Crippen MR) is 61.3 cm³/mol. The highest BCUT2D eigenvalue weighted by Gasteiger charge is 2.42. The van der Waals surface area contributed by atoms with Crippen molar-refractivity contribution >= 4 is 21.2 Å². The van der Waals surface area contributed by atoms with Gasteiger partial charge in [-0.05, 0) is 19.3 Å². The highest BCUT2D eigenvalue weighted by molar-refractivity contribution is 8.00. The monoisotopic (exact) mass is 205 g/mol. The van der Waals surface area contributed by atoms with Crippen molar-refractivity contribution in [2.45, 2.75) is 45.5 Å². The van der Waals surface area contributed by atoms with E-state index in [-0.39, 0.29) is 0 Å². The Bertz CT molecular complexity index is 174. The second kappa shape index (κ2) is 3.15. The smallest absolute Gasteiger partial charge is 0.0643 e. The molecule has 3 heteroatoms. The Morgan fingerprint density at radius 3 is 2.08 bits per heavy atom. The van der Waals surface area contributed by atoms with Gasteiger partial charge in [0.1, 0.15) is 0 Å². The molecular weight excluding hydrogens is 185 g/mol. The van der Waals surface area contributed by atoms with Gasteiger partial charge in [-0.25, -0.2) is 0 Å². The third-order valence-corrected chi connectivity index (χ3v) is 5.62. The third kappa shape index (κ3) is 1.97. The third-order valence-electron chi connectivity index (χ3n) is 2.29. The van der Waals surface area contributed by atoms with E-state index in [0.717, 1.165) is 0 Å². The molecule has 0 aliphatic carbocycles. The van der Waals surface area contributed by atoms with E-state index >= 15 is 0 Å². The van der Waals surface area contributed by atoms with Crippen LogP contribution in [0.25, 0.3) is 0 Å². The minimum Gasteiger partial charge on any atom is -0.268 e. The molecule has 0 aromatic rings. The molecule has 1 heterocycles. The van der Waals surface area contributed by atoms with E-state index < -0.39 is 0 Å². The number of thioether (sulfide) groups is 1. The Morgan fingerprint density at radius 1 is 1.42 bits per heavy atom. The molecule has 0 bridgehead atoms. The first-order valence-electron chi connectivity index (χ1n) is 4.41. The van der Waals surface area contributed by atoms with Crippen LogP contribution in [0.2, 0.25) is 0 Å². The molecule has 72 valence electrons. The minimum atomic E-state index is 0.341. The lowest BCUT2D eigenvalue weighted by Crippen LogP contribution is -2.41. The number of nitrogens with zero attached hydrogens (tertiary/aromatic N) is 1. The fourth-order valence-electron chi connectivity index (χ4n) is 1.42. The van der Waals surface area contributed by atoms with Crippen molar-refractivity contribution in [3.05, 3.63) is 0 Å². The van der Waals surface area contributed by atoms with Crippen molar-refractivity contribution in [1.82, 2.24) is 4.67 Å². The molecule has 12 heavy (non-hydrogen) atoms. The summed E-state index contributed by atoms with van der Waals surface area (Å²) < 4.78 is 2.43. The molecule has 0 aromatic heterocycles. The van der Waals surface area contributed by atoms with Crippen molar-refractivity contribution in [2.75, 3.05) is 5.75 Å². The molecular formula is C9H20NPS. The summed E-state index contributed by atoms with van der Waals surface area (Å²) in [5.41, 5.74) is 0.716. The lowest BCUT2D eigenvalue weighted by molar-refractivity contribution is 0.199. The molecule has 0 saturated carbocycles. The largest absolute Gasteiger partial charge is 0.268 e. The van der Waals surface area contributed by atoms with Crippen LogP contribution in [0.15, 0.2) is 0 Å². The predicted octanol–water partition coefficient (Wildman–Crippen LogP) is 2.98. The zero-order valence-corrected chi connectivity index (χ0v) is 10.7. The van der Waals surface area contributed by atoms with Crippen molar-refractivity contribution in [2.24, 2.45) is 5.41 Å². The molecule has 1 rings (SSSR count). The van der Waals surface area contributed by atoms with E-state index in [4.69, 9.17) is 0 Å².